The Bertz CT molecular complexity index is 534. The number of hydrogen-bond acceptors (Lipinski definition) is 3. The third-order valence-electron chi connectivity index (χ3n) is 9.09. The fourth-order valence-electron chi connectivity index (χ4n) is 8.19. The first-order valence-electron chi connectivity index (χ1n) is 10.9. The molecule has 6 fully saturated rings. The maximum Gasteiger partial charge on any atom is 0.311 e. The Labute approximate surface area is 152 Å². The average molecular weight is 346 g/mol. The van der Waals surface area contributed by atoms with Crippen LogP contribution in [0.25, 0.3) is 0 Å². The van der Waals surface area contributed by atoms with Gasteiger partial charge in [0.15, 0.2) is 0 Å². The maximum atomic E-state index is 13.2. The van der Waals surface area contributed by atoms with Crippen molar-refractivity contribution in [1.29, 1.82) is 0 Å². The molecule has 25 heavy (non-hydrogen) atoms. The molecule has 0 radical (unpaired) electrons. The molecule has 0 N–H and O–H groups in total. The van der Waals surface area contributed by atoms with Crippen LogP contribution in [-0.2, 0) is 9.53 Å². The highest BCUT2D eigenvalue weighted by atomic mass is 16.6. The van der Waals surface area contributed by atoms with Gasteiger partial charge in [0.25, 0.3) is 0 Å². The van der Waals surface area contributed by atoms with E-state index < -0.39 is 0 Å². The van der Waals surface area contributed by atoms with Gasteiger partial charge in [-0.15, -0.1) is 0 Å². The molecule has 2 saturated heterocycles. The molecule has 2 heterocycles. The SMILES string of the molecule is CC1C(C(C)(C)N2CCCCC2)C(=O)OC12C1CC3CC(C1)CC2C3. The summed E-state index contributed by atoms with van der Waals surface area (Å²) in [6.45, 7) is 9.29. The molecule has 4 bridgehead atoms. The van der Waals surface area contributed by atoms with Crippen LogP contribution in [0.1, 0.15) is 72.1 Å². The van der Waals surface area contributed by atoms with Gasteiger partial charge in [-0.05, 0) is 95.6 Å². The Balaban J connectivity index is 1.47. The summed E-state index contributed by atoms with van der Waals surface area (Å²) in [6.07, 6.45) is 10.6. The van der Waals surface area contributed by atoms with Crippen molar-refractivity contribution in [3.8, 4) is 0 Å². The lowest BCUT2D eigenvalue weighted by atomic mass is 9.46. The van der Waals surface area contributed by atoms with E-state index in [0.29, 0.717) is 17.8 Å². The van der Waals surface area contributed by atoms with Crippen molar-refractivity contribution in [3.05, 3.63) is 0 Å². The molecule has 0 amide bonds. The number of rotatable bonds is 2. The van der Waals surface area contributed by atoms with Gasteiger partial charge in [-0.1, -0.05) is 13.3 Å². The molecule has 1 spiro atoms. The summed E-state index contributed by atoms with van der Waals surface area (Å²) in [5, 5.41) is 0. The lowest BCUT2D eigenvalue weighted by Crippen LogP contribution is -2.61. The van der Waals surface area contributed by atoms with Gasteiger partial charge in [0.1, 0.15) is 5.60 Å². The lowest BCUT2D eigenvalue weighted by molar-refractivity contribution is -0.201. The predicted molar refractivity (Wildman–Crippen MR) is 98.0 cm³/mol. The molecular weight excluding hydrogens is 310 g/mol. The summed E-state index contributed by atoms with van der Waals surface area (Å²) >= 11 is 0. The zero-order valence-corrected chi connectivity index (χ0v) is 16.3. The third-order valence-corrected chi connectivity index (χ3v) is 9.09. The Kier molecular flexibility index (Phi) is 3.63. The molecule has 4 aliphatic carbocycles. The van der Waals surface area contributed by atoms with Crippen LogP contribution in [0, 0.1) is 35.5 Å². The average Bonchev–Trinajstić information content (AvgIpc) is 2.85. The van der Waals surface area contributed by atoms with Gasteiger partial charge >= 0.3 is 5.97 Å². The second-order valence-corrected chi connectivity index (χ2v) is 10.5. The van der Waals surface area contributed by atoms with Crippen molar-refractivity contribution < 1.29 is 9.53 Å². The summed E-state index contributed by atoms with van der Waals surface area (Å²) in [5.74, 6) is 3.67. The monoisotopic (exact) mass is 345 g/mol. The Morgan fingerprint density at radius 1 is 0.960 bits per heavy atom. The van der Waals surface area contributed by atoms with E-state index in [-0.39, 0.29) is 23.0 Å². The van der Waals surface area contributed by atoms with Crippen molar-refractivity contribution in [3.63, 3.8) is 0 Å². The Morgan fingerprint density at radius 2 is 1.52 bits per heavy atom. The minimum absolute atomic E-state index is 0.0446. The Morgan fingerprint density at radius 3 is 2.08 bits per heavy atom. The van der Waals surface area contributed by atoms with Gasteiger partial charge in [-0.3, -0.25) is 9.69 Å². The molecule has 3 nitrogen and oxygen atoms in total. The molecule has 2 unspecified atom stereocenters. The van der Waals surface area contributed by atoms with Gasteiger partial charge < -0.3 is 4.74 Å². The normalized spacial score (nSPS) is 49.8. The van der Waals surface area contributed by atoms with Crippen LogP contribution in [0.5, 0.6) is 0 Å². The van der Waals surface area contributed by atoms with Gasteiger partial charge in [-0.2, -0.15) is 0 Å². The van der Waals surface area contributed by atoms with Crippen LogP contribution in [0.4, 0.5) is 0 Å². The number of likely N-dealkylation sites (tertiary alicyclic amines) is 1. The smallest absolute Gasteiger partial charge is 0.311 e. The van der Waals surface area contributed by atoms with Crippen LogP contribution in [0.3, 0.4) is 0 Å². The van der Waals surface area contributed by atoms with E-state index in [4.69, 9.17) is 4.74 Å². The largest absolute Gasteiger partial charge is 0.458 e. The first-order chi connectivity index (χ1) is 11.9. The Hall–Kier alpha value is -0.570. The summed E-state index contributed by atoms with van der Waals surface area (Å²) in [4.78, 5) is 15.8. The molecule has 4 saturated carbocycles. The van der Waals surface area contributed by atoms with Crippen LogP contribution >= 0.6 is 0 Å². The van der Waals surface area contributed by atoms with E-state index in [0.717, 1.165) is 24.9 Å². The predicted octanol–water partition coefficient (Wildman–Crippen LogP) is 4.25. The molecule has 0 aromatic heterocycles. The molecule has 2 aliphatic heterocycles. The number of esters is 1. The van der Waals surface area contributed by atoms with E-state index in [9.17, 15) is 4.79 Å². The highest BCUT2D eigenvalue weighted by Crippen LogP contribution is 2.65. The van der Waals surface area contributed by atoms with Gasteiger partial charge in [0.05, 0.1) is 5.92 Å². The highest BCUT2D eigenvalue weighted by molar-refractivity contribution is 5.78. The summed E-state index contributed by atoms with van der Waals surface area (Å²) in [7, 11) is 0. The van der Waals surface area contributed by atoms with E-state index in [1.807, 2.05) is 0 Å². The molecule has 0 aromatic rings. The number of hydrogen-bond donors (Lipinski definition) is 0. The van der Waals surface area contributed by atoms with E-state index >= 15 is 0 Å². The second-order valence-electron chi connectivity index (χ2n) is 10.5. The summed E-state index contributed by atoms with van der Waals surface area (Å²) in [5.41, 5.74) is -0.197. The van der Waals surface area contributed by atoms with E-state index in [2.05, 4.69) is 25.7 Å². The van der Waals surface area contributed by atoms with Crippen LogP contribution in [0.15, 0.2) is 0 Å². The lowest BCUT2D eigenvalue weighted by Gasteiger charge is -2.60. The molecule has 3 heteroatoms. The molecule has 6 aliphatic rings. The van der Waals surface area contributed by atoms with Crippen molar-refractivity contribution in [2.24, 2.45) is 35.5 Å². The van der Waals surface area contributed by atoms with Crippen molar-refractivity contribution >= 4 is 5.97 Å². The second kappa shape index (κ2) is 5.47. The first kappa shape index (κ1) is 16.6. The van der Waals surface area contributed by atoms with Crippen molar-refractivity contribution in [2.45, 2.75) is 83.3 Å². The zero-order chi connectivity index (χ0) is 17.4. The van der Waals surface area contributed by atoms with Crippen LogP contribution in [-0.4, -0.2) is 35.1 Å². The number of piperidine rings is 1. The number of carbonyl (C=O) groups excluding carboxylic acids is 1. The van der Waals surface area contributed by atoms with Crippen molar-refractivity contribution in [2.75, 3.05) is 13.1 Å². The fourth-order valence-corrected chi connectivity index (χ4v) is 8.19. The topological polar surface area (TPSA) is 29.5 Å². The van der Waals surface area contributed by atoms with Gasteiger partial charge in [0.2, 0.25) is 0 Å². The van der Waals surface area contributed by atoms with E-state index in [1.165, 1.54) is 51.4 Å². The molecule has 6 rings (SSSR count). The maximum absolute atomic E-state index is 13.2. The minimum atomic E-state index is -0.123. The van der Waals surface area contributed by atoms with Crippen LogP contribution < -0.4 is 0 Å². The molecule has 140 valence electrons. The number of carbonyl (C=O) groups is 1. The number of ether oxygens (including phenoxy) is 1. The van der Waals surface area contributed by atoms with Gasteiger partial charge in [-0.25, -0.2) is 0 Å². The fraction of sp³-hybridized carbons (Fsp3) is 0.955. The summed E-state index contributed by atoms with van der Waals surface area (Å²) in [6, 6.07) is 0. The quantitative estimate of drug-likeness (QED) is 0.701. The van der Waals surface area contributed by atoms with E-state index in [1.54, 1.807) is 0 Å². The molecular formula is C22H35NO2. The first-order valence-corrected chi connectivity index (χ1v) is 10.9. The highest BCUT2D eigenvalue weighted by Gasteiger charge is 2.69. The number of nitrogens with zero attached hydrogens (tertiary/aromatic N) is 1. The minimum Gasteiger partial charge on any atom is -0.458 e. The standard InChI is InChI=1S/C22H35NO2/c1-14-19(21(2,3)23-7-5-4-6-8-23)20(24)25-22(14)17-10-15-9-16(12-17)13-18(22)11-15/h14-19H,4-13H2,1-3H3. The van der Waals surface area contributed by atoms with Gasteiger partial charge in [0, 0.05) is 11.5 Å². The molecule has 2 atom stereocenters. The van der Waals surface area contributed by atoms with Crippen LogP contribution in [0.2, 0.25) is 0 Å². The summed E-state index contributed by atoms with van der Waals surface area (Å²) < 4.78 is 6.46. The van der Waals surface area contributed by atoms with Crippen molar-refractivity contribution in [1.82, 2.24) is 4.90 Å². The molecule has 0 aromatic carbocycles. The zero-order valence-electron chi connectivity index (χ0n) is 16.3. The third kappa shape index (κ3) is 2.17.